The SMILES string of the molecule is Cc1cccc(N2CCN(S(=O)(=O)CC(=O)Nc3ccc4c(c3)C(=O)NC4)CC2)c1. The minimum Gasteiger partial charge on any atom is -0.369 e. The largest absolute Gasteiger partial charge is 0.369 e. The third-order valence-corrected chi connectivity index (χ3v) is 7.17. The van der Waals surface area contributed by atoms with Crippen LogP contribution < -0.4 is 15.5 Å². The Morgan fingerprint density at radius 1 is 1.10 bits per heavy atom. The normalized spacial score (nSPS) is 16.8. The predicted octanol–water partition coefficient (Wildman–Crippen LogP) is 1.33. The number of anilines is 2. The van der Waals surface area contributed by atoms with Crippen LogP contribution in [0.4, 0.5) is 11.4 Å². The van der Waals surface area contributed by atoms with E-state index in [-0.39, 0.29) is 5.91 Å². The van der Waals surface area contributed by atoms with Gasteiger partial charge in [-0.25, -0.2) is 8.42 Å². The maximum Gasteiger partial charge on any atom is 0.251 e. The van der Waals surface area contributed by atoms with Gasteiger partial charge in [-0.15, -0.1) is 0 Å². The summed E-state index contributed by atoms with van der Waals surface area (Å²) in [6, 6.07) is 13.1. The molecule has 0 atom stereocenters. The summed E-state index contributed by atoms with van der Waals surface area (Å²) in [7, 11) is -3.72. The molecule has 158 valence electrons. The molecule has 2 heterocycles. The van der Waals surface area contributed by atoms with Crippen molar-refractivity contribution in [2.75, 3.05) is 42.1 Å². The van der Waals surface area contributed by atoms with E-state index in [1.165, 1.54) is 4.31 Å². The number of amides is 2. The van der Waals surface area contributed by atoms with Crippen LogP contribution >= 0.6 is 0 Å². The molecule has 30 heavy (non-hydrogen) atoms. The number of nitrogens with zero attached hydrogens (tertiary/aromatic N) is 2. The first-order chi connectivity index (χ1) is 14.3. The van der Waals surface area contributed by atoms with Gasteiger partial charge in [0.25, 0.3) is 5.91 Å². The van der Waals surface area contributed by atoms with E-state index in [1.54, 1.807) is 18.2 Å². The van der Waals surface area contributed by atoms with Crippen LogP contribution in [0.25, 0.3) is 0 Å². The number of sulfonamides is 1. The highest BCUT2D eigenvalue weighted by Gasteiger charge is 2.29. The number of carbonyl (C=O) groups excluding carboxylic acids is 2. The van der Waals surface area contributed by atoms with Crippen molar-refractivity contribution in [3.05, 3.63) is 59.2 Å². The van der Waals surface area contributed by atoms with E-state index < -0.39 is 21.7 Å². The molecule has 4 rings (SSSR count). The molecular formula is C21H24N4O4S. The van der Waals surface area contributed by atoms with Crippen LogP contribution in [0, 0.1) is 6.92 Å². The summed E-state index contributed by atoms with van der Waals surface area (Å²) >= 11 is 0. The second-order valence-electron chi connectivity index (χ2n) is 7.58. The van der Waals surface area contributed by atoms with Crippen molar-refractivity contribution in [1.82, 2.24) is 9.62 Å². The molecule has 0 saturated carbocycles. The van der Waals surface area contributed by atoms with Gasteiger partial charge >= 0.3 is 0 Å². The number of aryl methyl sites for hydroxylation is 1. The molecule has 0 spiro atoms. The van der Waals surface area contributed by atoms with Gasteiger partial charge in [0.05, 0.1) is 0 Å². The molecular weight excluding hydrogens is 404 g/mol. The number of carbonyl (C=O) groups is 2. The molecule has 2 N–H and O–H groups in total. The van der Waals surface area contributed by atoms with E-state index in [0.717, 1.165) is 16.8 Å². The van der Waals surface area contributed by atoms with Crippen molar-refractivity contribution < 1.29 is 18.0 Å². The molecule has 2 aliphatic heterocycles. The van der Waals surface area contributed by atoms with Gasteiger partial charge in [-0.1, -0.05) is 18.2 Å². The molecule has 8 nitrogen and oxygen atoms in total. The van der Waals surface area contributed by atoms with Crippen molar-refractivity contribution in [2.24, 2.45) is 0 Å². The molecule has 0 aliphatic carbocycles. The number of hydrogen-bond acceptors (Lipinski definition) is 5. The van der Waals surface area contributed by atoms with Crippen LogP contribution in [0.3, 0.4) is 0 Å². The lowest BCUT2D eigenvalue weighted by Gasteiger charge is -2.35. The summed E-state index contributed by atoms with van der Waals surface area (Å²) in [4.78, 5) is 26.3. The van der Waals surface area contributed by atoms with E-state index in [4.69, 9.17) is 0 Å². The fourth-order valence-corrected chi connectivity index (χ4v) is 5.10. The minimum absolute atomic E-state index is 0.194. The fourth-order valence-electron chi connectivity index (χ4n) is 3.79. The smallest absolute Gasteiger partial charge is 0.251 e. The summed E-state index contributed by atoms with van der Waals surface area (Å²) in [6.45, 7) is 4.31. The fraction of sp³-hybridized carbons (Fsp3) is 0.333. The molecule has 0 unspecified atom stereocenters. The minimum atomic E-state index is -3.72. The van der Waals surface area contributed by atoms with Crippen molar-refractivity contribution in [1.29, 1.82) is 0 Å². The first-order valence-corrected chi connectivity index (χ1v) is 11.4. The van der Waals surface area contributed by atoms with Gasteiger partial charge in [-0.05, 0) is 42.3 Å². The monoisotopic (exact) mass is 428 g/mol. The standard InChI is InChI=1S/C21H24N4O4S/c1-15-3-2-4-18(11-15)24-7-9-25(10-8-24)30(28,29)14-20(26)23-17-6-5-16-13-22-21(27)19(16)12-17/h2-6,11-12H,7-10,13-14H2,1H3,(H,22,27)(H,23,26). The Hall–Kier alpha value is -2.91. The summed E-state index contributed by atoms with van der Waals surface area (Å²) in [5, 5.41) is 5.30. The Morgan fingerprint density at radius 2 is 1.87 bits per heavy atom. The molecule has 2 amide bonds. The van der Waals surface area contributed by atoms with E-state index in [9.17, 15) is 18.0 Å². The molecule has 2 aliphatic rings. The van der Waals surface area contributed by atoms with E-state index >= 15 is 0 Å². The van der Waals surface area contributed by atoms with Crippen molar-refractivity contribution >= 4 is 33.2 Å². The van der Waals surface area contributed by atoms with Crippen LogP contribution in [0.15, 0.2) is 42.5 Å². The van der Waals surface area contributed by atoms with Gasteiger partial charge in [0.2, 0.25) is 15.9 Å². The highest BCUT2D eigenvalue weighted by molar-refractivity contribution is 7.89. The van der Waals surface area contributed by atoms with E-state index in [0.29, 0.717) is 44.0 Å². The zero-order valence-electron chi connectivity index (χ0n) is 16.7. The second-order valence-corrected chi connectivity index (χ2v) is 9.55. The van der Waals surface area contributed by atoms with Crippen molar-refractivity contribution in [3.8, 4) is 0 Å². The van der Waals surface area contributed by atoms with E-state index in [1.807, 2.05) is 25.1 Å². The second kappa shape index (κ2) is 8.08. The highest BCUT2D eigenvalue weighted by atomic mass is 32.2. The maximum absolute atomic E-state index is 12.7. The van der Waals surface area contributed by atoms with Crippen molar-refractivity contribution in [2.45, 2.75) is 13.5 Å². The predicted molar refractivity (Wildman–Crippen MR) is 115 cm³/mol. The molecule has 9 heteroatoms. The first kappa shape index (κ1) is 20.4. The highest BCUT2D eigenvalue weighted by Crippen LogP contribution is 2.21. The van der Waals surface area contributed by atoms with Gasteiger partial charge in [-0.3, -0.25) is 9.59 Å². The van der Waals surface area contributed by atoms with Crippen molar-refractivity contribution in [3.63, 3.8) is 0 Å². The molecule has 1 saturated heterocycles. The van der Waals surface area contributed by atoms with Crippen LogP contribution in [-0.2, 0) is 21.4 Å². The Balaban J connectivity index is 1.35. The quantitative estimate of drug-likeness (QED) is 0.749. The zero-order valence-corrected chi connectivity index (χ0v) is 17.5. The molecule has 0 aromatic heterocycles. The average Bonchev–Trinajstić information content (AvgIpc) is 3.08. The molecule has 0 bridgehead atoms. The Kier molecular flexibility index (Phi) is 5.48. The van der Waals surface area contributed by atoms with Crippen LogP contribution in [0.1, 0.15) is 21.5 Å². The number of nitrogens with one attached hydrogen (secondary N) is 2. The molecule has 1 fully saturated rings. The van der Waals surface area contributed by atoms with Gasteiger partial charge in [0.1, 0.15) is 5.75 Å². The summed E-state index contributed by atoms with van der Waals surface area (Å²) in [5.74, 6) is -1.43. The maximum atomic E-state index is 12.7. The molecule has 0 radical (unpaired) electrons. The lowest BCUT2D eigenvalue weighted by Crippen LogP contribution is -2.50. The van der Waals surface area contributed by atoms with Gasteiger partial charge in [-0.2, -0.15) is 4.31 Å². The number of piperazine rings is 1. The van der Waals surface area contributed by atoms with Gasteiger partial charge < -0.3 is 15.5 Å². The Labute approximate surface area is 175 Å². The Bertz CT molecular complexity index is 1090. The Morgan fingerprint density at radius 3 is 2.60 bits per heavy atom. The third kappa shape index (κ3) is 4.31. The van der Waals surface area contributed by atoms with Crippen LogP contribution in [-0.4, -0.2) is 56.5 Å². The number of hydrogen-bond donors (Lipinski definition) is 2. The van der Waals surface area contributed by atoms with Crippen LogP contribution in [0.5, 0.6) is 0 Å². The lowest BCUT2D eigenvalue weighted by molar-refractivity contribution is -0.113. The lowest BCUT2D eigenvalue weighted by atomic mass is 10.1. The van der Waals surface area contributed by atoms with E-state index in [2.05, 4.69) is 21.6 Å². The molecule has 2 aromatic rings. The number of rotatable bonds is 5. The van der Waals surface area contributed by atoms with Crippen LogP contribution in [0.2, 0.25) is 0 Å². The summed E-state index contributed by atoms with van der Waals surface area (Å²) < 4.78 is 26.8. The molecule has 2 aromatic carbocycles. The van der Waals surface area contributed by atoms with Gasteiger partial charge in [0, 0.05) is 49.7 Å². The third-order valence-electron chi connectivity index (χ3n) is 5.39. The number of fused-ring (bicyclic) bond motifs is 1. The topological polar surface area (TPSA) is 98.8 Å². The summed E-state index contributed by atoms with van der Waals surface area (Å²) in [5.41, 5.74) is 4.00. The van der Waals surface area contributed by atoms with Gasteiger partial charge in [0.15, 0.2) is 0 Å². The summed E-state index contributed by atoms with van der Waals surface area (Å²) in [6.07, 6.45) is 0. The number of benzene rings is 2. The zero-order chi connectivity index (χ0) is 21.3. The first-order valence-electron chi connectivity index (χ1n) is 9.82. The average molecular weight is 429 g/mol.